The van der Waals surface area contributed by atoms with Crippen LogP contribution in [-0.2, 0) is 0 Å². The molecule has 26 heavy (non-hydrogen) atoms. The Bertz CT molecular complexity index is 671. The van der Waals surface area contributed by atoms with Gasteiger partial charge in [-0.15, -0.1) is 0 Å². The van der Waals surface area contributed by atoms with Crippen molar-refractivity contribution in [2.45, 2.75) is 44.7 Å². The molecule has 0 spiro atoms. The number of benzene rings is 1. The van der Waals surface area contributed by atoms with Gasteiger partial charge in [0.25, 0.3) is 0 Å². The average molecular weight is 357 g/mol. The minimum atomic E-state index is 0.202. The summed E-state index contributed by atoms with van der Waals surface area (Å²) in [4.78, 5) is 2.46. The first kappa shape index (κ1) is 19.0. The molecule has 2 aromatic rings. The first-order valence-corrected chi connectivity index (χ1v) is 9.70. The second kappa shape index (κ2) is 8.74. The van der Waals surface area contributed by atoms with E-state index in [9.17, 15) is 0 Å². The van der Waals surface area contributed by atoms with Crippen molar-refractivity contribution in [3.63, 3.8) is 0 Å². The third-order valence-corrected chi connectivity index (χ3v) is 5.85. The number of furan rings is 1. The van der Waals surface area contributed by atoms with Crippen LogP contribution in [-0.4, -0.2) is 44.2 Å². The molecule has 0 aliphatic carbocycles. The quantitative estimate of drug-likeness (QED) is 0.809. The van der Waals surface area contributed by atoms with Crippen molar-refractivity contribution in [3.8, 4) is 5.75 Å². The molecule has 0 amide bonds. The fourth-order valence-electron chi connectivity index (χ4n) is 4.13. The minimum Gasteiger partial charge on any atom is -0.496 e. The zero-order chi connectivity index (χ0) is 18.5. The molecule has 0 unspecified atom stereocenters. The highest BCUT2D eigenvalue weighted by Gasteiger charge is 2.29. The van der Waals surface area contributed by atoms with Gasteiger partial charge < -0.3 is 19.4 Å². The van der Waals surface area contributed by atoms with Crippen LogP contribution in [0.4, 0.5) is 0 Å². The van der Waals surface area contributed by atoms with Crippen LogP contribution in [0.3, 0.4) is 0 Å². The molecule has 4 heteroatoms. The minimum absolute atomic E-state index is 0.202. The topological polar surface area (TPSA) is 37.6 Å². The van der Waals surface area contributed by atoms with E-state index < -0.39 is 0 Å². The molecule has 1 aliphatic heterocycles. The Labute approximate surface area is 157 Å². The maximum atomic E-state index is 5.75. The summed E-state index contributed by atoms with van der Waals surface area (Å²) in [6.07, 6.45) is 3.95. The van der Waals surface area contributed by atoms with Crippen molar-refractivity contribution >= 4 is 0 Å². The molecule has 3 rings (SSSR count). The van der Waals surface area contributed by atoms with Gasteiger partial charge in [0.1, 0.15) is 11.5 Å². The standard InChI is InChI=1S/C22H32N2O2/c1-16-15-24(3)17(2)14-20(16)23-12-11-19(22-10-7-13-26-22)18-8-5-6-9-21(18)25-4/h5-10,13,16-17,19-20,23H,11-12,14-15H2,1-4H3/t16-,17+,19-,20-/m0/s1. The van der Waals surface area contributed by atoms with Crippen molar-refractivity contribution in [1.29, 1.82) is 0 Å². The van der Waals surface area contributed by atoms with Gasteiger partial charge in [0.05, 0.1) is 13.4 Å². The number of rotatable bonds is 7. The molecule has 1 aliphatic rings. The van der Waals surface area contributed by atoms with E-state index in [1.54, 1.807) is 13.4 Å². The van der Waals surface area contributed by atoms with E-state index in [0.717, 1.165) is 31.0 Å². The van der Waals surface area contributed by atoms with Gasteiger partial charge in [0.15, 0.2) is 0 Å². The van der Waals surface area contributed by atoms with Crippen LogP contribution >= 0.6 is 0 Å². The predicted molar refractivity (Wildman–Crippen MR) is 106 cm³/mol. The van der Waals surface area contributed by atoms with E-state index >= 15 is 0 Å². The number of nitrogens with zero attached hydrogens (tertiary/aromatic N) is 1. The number of ether oxygens (including phenoxy) is 1. The van der Waals surface area contributed by atoms with Gasteiger partial charge in [-0.1, -0.05) is 25.1 Å². The van der Waals surface area contributed by atoms with Crippen molar-refractivity contribution in [3.05, 3.63) is 54.0 Å². The number of nitrogens with one attached hydrogen (secondary N) is 1. The monoisotopic (exact) mass is 356 g/mol. The van der Waals surface area contributed by atoms with Gasteiger partial charge >= 0.3 is 0 Å². The molecule has 4 nitrogen and oxygen atoms in total. The summed E-state index contributed by atoms with van der Waals surface area (Å²) in [6.45, 7) is 6.80. The lowest BCUT2D eigenvalue weighted by molar-refractivity contribution is 0.121. The Morgan fingerprint density at radius 3 is 2.77 bits per heavy atom. The average Bonchev–Trinajstić information content (AvgIpc) is 3.17. The van der Waals surface area contributed by atoms with E-state index in [-0.39, 0.29) is 5.92 Å². The highest BCUT2D eigenvalue weighted by molar-refractivity contribution is 5.39. The summed E-state index contributed by atoms with van der Waals surface area (Å²) in [5, 5.41) is 3.81. The smallest absolute Gasteiger partial charge is 0.122 e. The van der Waals surface area contributed by atoms with E-state index in [2.05, 4.69) is 49.3 Å². The molecule has 1 fully saturated rings. The van der Waals surface area contributed by atoms with Crippen LogP contribution in [0.25, 0.3) is 0 Å². The fraction of sp³-hybridized carbons (Fsp3) is 0.545. The van der Waals surface area contributed by atoms with Gasteiger partial charge in [0, 0.05) is 30.1 Å². The van der Waals surface area contributed by atoms with Crippen LogP contribution in [0.5, 0.6) is 5.75 Å². The van der Waals surface area contributed by atoms with Gasteiger partial charge in [-0.2, -0.15) is 0 Å². The van der Waals surface area contributed by atoms with Gasteiger partial charge in [-0.05, 0) is 57.5 Å². The zero-order valence-electron chi connectivity index (χ0n) is 16.4. The van der Waals surface area contributed by atoms with Gasteiger partial charge in [-0.25, -0.2) is 0 Å². The van der Waals surface area contributed by atoms with Crippen LogP contribution in [0.1, 0.15) is 43.9 Å². The van der Waals surface area contributed by atoms with E-state index in [1.165, 1.54) is 12.0 Å². The Morgan fingerprint density at radius 1 is 1.23 bits per heavy atom. The van der Waals surface area contributed by atoms with Crippen LogP contribution < -0.4 is 10.1 Å². The van der Waals surface area contributed by atoms with Crippen molar-refractivity contribution < 1.29 is 9.15 Å². The maximum Gasteiger partial charge on any atom is 0.122 e. The van der Waals surface area contributed by atoms with Crippen LogP contribution in [0, 0.1) is 5.92 Å². The van der Waals surface area contributed by atoms with E-state index in [0.29, 0.717) is 18.0 Å². The lowest BCUT2D eigenvalue weighted by Crippen LogP contribution is -2.51. The van der Waals surface area contributed by atoms with Gasteiger partial charge in [0.2, 0.25) is 0 Å². The summed E-state index contributed by atoms with van der Waals surface area (Å²) in [7, 11) is 3.96. The molecule has 1 aromatic heterocycles. The summed E-state index contributed by atoms with van der Waals surface area (Å²) in [5.41, 5.74) is 1.19. The molecule has 2 heterocycles. The lowest BCUT2D eigenvalue weighted by Gasteiger charge is -2.40. The summed E-state index contributed by atoms with van der Waals surface area (Å²) in [6, 6.07) is 13.5. The normalized spacial score (nSPS) is 25.2. The molecule has 1 aromatic carbocycles. The molecular weight excluding hydrogens is 324 g/mol. The molecule has 4 atom stereocenters. The fourth-order valence-corrected chi connectivity index (χ4v) is 4.13. The Kier molecular flexibility index (Phi) is 6.38. The number of piperidine rings is 1. The first-order valence-electron chi connectivity index (χ1n) is 9.70. The number of likely N-dealkylation sites (tertiary alicyclic amines) is 1. The summed E-state index contributed by atoms with van der Waals surface area (Å²) < 4.78 is 11.4. The number of methoxy groups -OCH3 is 1. The van der Waals surface area contributed by atoms with Crippen molar-refractivity contribution in [2.24, 2.45) is 5.92 Å². The largest absolute Gasteiger partial charge is 0.496 e. The Balaban J connectivity index is 1.68. The number of hydrogen-bond donors (Lipinski definition) is 1. The number of hydrogen-bond acceptors (Lipinski definition) is 4. The Hall–Kier alpha value is -1.78. The third-order valence-electron chi connectivity index (χ3n) is 5.85. The molecule has 1 saturated heterocycles. The van der Waals surface area contributed by atoms with Crippen LogP contribution in [0.15, 0.2) is 47.1 Å². The lowest BCUT2D eigenvalue weighted by atomic mass is 9.88. The first-order chi connectivity index (χ1) is 12.6. The SMILES string of the molecule is COc1ccccc1[C@H](CCN[C@H]1C[C@@H](C)N(C)C[C@@H]1C)c1ccco1. The maximum absolute atomic E-state index is 5.75. The predicted octanol–water partition coefficient (Wildman–Crippen LogP) is 4.13. The zero-order valence-corrected chi connectivity index (χ0v) is 16.4. The molecule has 1 N–H and O–H groups in total. The van der Waals surface area contributed by atoms with Gasteiger partial charge in [-0.3, -0.25) is 0 Å². The van der Waals surface area contributed by atoms with E-state index in [4.69, 9.17) is 9.15 Å². The molecular formula is C22H32N2O2. The second-order valence-electron chi connectivity index (χ2n) is 7.66. The summed E-state index contributed by atoms with van der Waals surface area (Å²) >= 11 is 0. The van der Waals surface area contributed by atoms with E-state index in [1.807, 2.05) is 18.2 Å². The number of para-hydroxylation sites is 1. The highest BCUT2D eigenvalue weighted by Crippen LogP contribution is 2.34. The molecule has 0 saturated carbocycles. The van der Waals surface area contributed by atoms with Crippen molar-refractivity contribution in [2.75, 3.05) is 27.2 Å². The molecule has 142 valence electrons. The second-order valence-corrected chi connectivity index (χ2v) is 7.66. The third kappa shape index (κ3) is 4.30. The van der Waals surface area contributed by atoms with Crippen molar-refractivity contribution in [1.82, 2.24) is 10.2 Å². The molecule has 0 radical (unpaired) electrons. The Morgan fingerprint density at radius 2 is 2.04 bits per heavy atom. The molecule has 0 bridgehead atoms. The van der Waals surface area contributed by atoms with Crippen LogP contribution in [0.2, 0.25) is 0 Å². The highest BCUT2D eigenvalue weighted by atomic mass is 16.5. The summed E-state index contributed by atoms with van der Waals surface area (Å²) in [5.74, 6) is 2.80.